The number of thiol groups is 1. The van der Waals surface area contributed by atoms with E-state index >= 15 is 0 Å². The van der Waals surface area contributed by atoms with Crippen molar-refractivity contribution in [2.75, 3.05) is 6.61 Å². The molecule has 2 N–H and O–H groups in total. The van der Waals surface area contributed by atoms with Gasteiger partial charge in [0, 0.05) is 29.0 Å². The van der Waals surface area contributed by atoms with Crippen molar-refractivity contribution in [3.8, 4) is 0 Å². The van der Waals surface area contributed by atoms with E-state index in [1.807, 2.05) is 12.1 Å². The largest absolute Gasteiger partial charge is 0.396 e. The van der Waals surface area contributed by atoms with Crippen molar-refractivity contribution in [2.45, 2.75) is 36.6 Å². The molecule has 0 heterocycles. The molecule has 1 aliphatic rings. The van der Waals surface area contributed by atoms with Crippen molar-refractivity contribution < 1.29 is 9.90 Å². The van der Waals surface area contributed by atoms with E-state index in [2.05, 4.69) is 17.9 Å². The molecule has 0 aromatic heterocycles. The summed E-state index contributed by atoms with van der Waals surface area (Å²) in [5.74, 6) is 0.123. The van der Waals surface area contributed by atoms with Gasteiger partial charge in [0.15, 0.2) is 0 Å². The van der Waals surface area contributed by atoms with E-state index in [1.165, 1.54) is 0 Å². The van der Waals surface area contributed by atoms with Crippen LogP contribution in [0.3, 0.4) is 0 Å². The van der Waals surface area contributed by atoms with Gasteiger partial charge in [0.1, 0.15) is 0 Å². The fraction of sp³-hybridized carbons (Fsp3) is 0.500. The van der Waals surface area contributed by atoms with E-state index < -0.39 is 0 Å². The monoisotopic (exact) mass is 265 g/mol. The van der Waals surface area contributed by atoms with Crippen LogP contribution in [0.5, 0.6) is 0 Å². The van der Waals surface area contributed by atoms with Crippen molar-refractivity contribution in [3.05, 3.63) is 29.8 Å². The number of aliphatic hydroxyl groups is 1. The Kier molecular flexibility index (Phi) is 4.66. The second-order valence-corrected chi connectivity index (χ2v) is 5.37. The Balaban J connectivity index is 2.02. The van der Waals surface area contributed by atoms with E-state index in [1.54, 1.807) is 12.1 Å². The SMILES string of the molecule is O=C(NC1CCCCC1CO)c1cccc(S)c1. The molecule has 1 aromatic rings. The Morgan fingerprint density at radius 1 is 1.39 bits per heavy atom. The van der Waals surface area contributed by atoms with E-state index in [0.717, 1.165) is 30.6 Å². The Morgan fingerprint density at radius 3 is 2.89 bits per heavy atom. The lowest BCUT2D eigenvalue weighted by Gasteiger charge is -2.30. The van der Waals surface area contributed by atoms with Crippen LogP contribution in [0.15, 0.2) is 29.2 Å². The molecule has 3 nitrogen and oxygen atoms in total. The average molecular weight is 265 g/mol. The molecule has 18 heavy (non-hydrogen) atoms. The lowest BCUT2D eigenvalue weighted by Crippen LogP contribution is -2.43. The molecule has 98 valence electrons. The van der Waals surface area contributed by atoms with Gasteiger partial charge in [-0.15, -0.1) is 12.6 Å². The molecule has 0 radical (unpaired) electrons. The number of amides is 1. The van der Waals surface area contributed by atoms with Crippen LogP contribution in [-0.4, -0.2) is 23.7 Å². The fourth-order valence-corrected chi connectivity index (χ4v) is 2.74. The molecule has 1 saturated carbocycles. The summed E-state index contributed by atoms with van der Waals surface area (Å²) in [4.78, 5) is 12.9. The fourth-order valence-electron chi connectivity index (χ4n) is 2.52. The Morgan fingerprint density at radius 2 is 2.17 bits per heavy atom. The molecule has 2 unspecified atom stereocenters. The van der Waals surface area contributed by atoms with Gasteiger partial charge >= 0.3 is 0 Å². The molecule has 1 amide bonds. The number of benzene rings is 1. The van der Waals surface area contributed by atoms with E-state index in [-0.39, 0.29) is 24.5 Å². The summed E-state index contributed by atoms with van der Waals surface area (Å²) < 4.78 is 0. The maximum atomic E-state index is 12.1. The van der Waals surface area contributed by atoms with Gasteiger partial charge in [0.05, 0.1) is 0 Å². The minimum atomic E-state index is -0.0729. The van der Waals surface area contributed by atoms with Crippen LogP contribution in [0.2, 0.25) is 0 Å². The van der Waals surface area contributed by atoms with Gasteiger partial charge in [0.2, 0.25) is 0 Å². The van der Waals surface area contributed by atoms with Crippen molar-refractivity contribution in [2.24, 2.45) is 5.92 Å². The van der Waals surface area contributed by atoms with E-state index in [4.69, 9.17) is 0 Å². The number of hydrogen-bond acceptors (Lipinski definition) is 3. The molecular formula is C14H19NO2S. The lowest BCUT2D eigenvalue weighted by atomic mass is 9.85. The standard InChI is InChI=1S/C14H19NO2S/c16-9-11-4-1-2-7-13(11)15-14(17)10-5-3-6-12(18)8-10/h3,5-6,8,11,13,16,18H,1-2,4,7,9H2,(H,15,17). The molecule has 0 aliphatic heterocycles. The Bertz CT molecular complexity index is 422. The number of carbonyl (C=O) groups is 1. The van der Waals surface area contributed by atoms with Crippen LogP contribution < -0.4 is 5.32 Å². The highest BCUT2D eigenvalue weighted by atomic mass is 32.1. The van der Waals surface area contributed by atoms with Gasteiger partial charge in [-0.05, 0) is 31.0 Å². The summed E-state index contributed by atoms with van der Waals surface area (Å²) in [7, 11) is 0. The zero-order valence-corrected chi connectivity index (χ0v) is 11.2. The first kappa shape index (κ1) is 13.4. The van der Waals surface area contributed by atoms with Crippen LogP contribution >= 0.6 is 12.6 Å². The number of nitrogens with one attached hydrogen (secondary N) is 1. The topological polar surface area (TPSA) is 49.3 Å². The first-order chi connectivity index (χ1) is 8.70. The van der Waals surface area contributed by atoms with Crippen LogP contribution in [0, 0.1) is 5.92 Å². The number of aliphatic hydroxyl groups excluding tert-OH is 1. The van der Waals surface area contributed by atoms with Crippen molar-refractivity contribution in [3.63, 3.8) is 0 Å². The third kappa shape index (κ3) is 3.27. The highest BCUT2D eigenvalue weighted by Crippen LogP contribution is 2.24. The third-order valence-corrected chi connectivity index (χ3v) is 3.85. The van der Waals surface area contributed by atoms with Gasteiger partial charge in [-0.1, -0.05) is 18.9 Å². The molecule has 1 aliphatic carbocycles. The first-order valence-electron chi connectivity index (χ1n) is 6.41. The molecule has 0 bridgehead atoms. The maximum Gasteiger partial charge on any atom is 0.251 e. The number of hydrogen-bond donors (Lipinski definition) is 3. The molecule has 4 heteroatoms. The first-order valence-corrected chi connectivity index (χ1v) is 6.86. The quantitative estimate of drug-likeness (QED) is 0.734. The average Bonchev–Trinajstić information content (AvgIpc) is 2.39. The van der Waals surface area contributed by atoms with Crippen molar-refractivity contribution in [1.82, 2.24) is 5.32 Å². The van der Waals surface area contributed by atoms with Gasteiger partial charge in [-0.3, -0.25) is 4.79 Å². The second-order valence-electron chi connectivity index (χ2n) is 4.86. The Labute approximate surface area is 113 Å². The zero-order chi connectivity index (χ0) is 13.0. The summed E-state index contributed by atoms with van der Waals surface area (Å²) in [6.07, 6.45) is 4.21. The summed E-state index contributed by atoms with van der Waals surface area (Å²) in [5, 5.41) is 12.4. The minimum Gasteiger partial charge on any atom is -0.396 e. The van der Waals surface area contributed by atoms with Gasteiger partial charge in [0.25, 0.3) is 5.91 Å². The van der Waals surface area contributed by atoms with Crippen LogP contribution in [0.1, 0.15) is 36.0 Å². The lowest BCUT2D eigenvalue weighted by molar-refractivity contribution is 0.0872. The molecule has 0 spiro atoms. The third-order valence-electron chi connectivity index (χ3n) is 3.57. The minimum absolute atomic E-state index is 0.0729. The van der Waals surface area contributed by atoms with Crippen LogP contribution in [0.4, 0.5) is 0 Å². The van der Waals surface area contributed by atoms with Crippen molar-refractivity contribution in [1.29, 1.82) is 0 Å². The highest BCUT2D eigenvalue weighted by Gasteiger charge is 2.26. The molecule has 2 rings (SSSR count). The smallest absolute Gasteiger partial charge is 0.251 e. The maximum absolute atomic E-state index is 12.1. The molecule has 0 saturated heterocycles. The summed E-state index contributed by atoms with van der Waals surface area (Å²) >= 11 is 4.23. The van der Waals surface area contributed by atoms with Crippen LogP contribution in [0.25, 0.3) is 0 Å². The predicted molar refractivity (Wildman–Crippen MR) is 74.0 cm³/mol. The van der Waals surface area contributed by atoms with Gasteiger partial charge < -0.3 is 10.4 Å². The van der Waals surface area contributed by atoms with Gasteiger partial charge in [-0.25, -0.2) is 0 Å². The van der Waals surface area contributed by atoms with E-state index in [0.29, 0.717) is 5.56 Å². The van der Waals surface area contributed by atoms with Gasteiger partial charge in [-0.2, -0.15) is 0 Å². The molecule has 2 atom stereocenters. The highest BCUT2D eigenvalue weighted by molar-refractivity contribution is 7.80. The number of carbonyl (C=O) groups excluding carboxylic acids is 1. The van der Waals surface area contributed by atoms with E-state index in [9.17, 15) is 9.90 Å². The molecular weight excluding hydrogens is 246 g/mol. The second kappa shape index (κ2) is 6.25. The summed E-state index contributed by atoms with van der Waals surface area (Å²) in [6.45, 7) is 0.150. The molecule has 1 aromatic carbocycles. The van der Waals surface area contributed by atoms with Crippen molar-refractivity contribution >= 4 is 18.5 Å². The normalized spacial score (nSPS) is 23.7. The summed E-state index contributed by atoms with van der Waals surface area (Å²) in [5.41, 5.74) is 0.629. The van der Waals surface area contributed by atoms with Crippen LogP contribution in [-0.2, 0) is 0 Å². The number of rotatable bonds is 3. The zero-order valence-electron chi connectivity index (χ0n) is 10.3. The molecule has 1 fully saturated rings. The summed E-state index contributed by atoms with van der Waals surface area (Å²) in [6, 6.07) is 7.31. The predicted octanol–water partition coefficient (Wildman–Crippen LogP) is 2.26. The Hall–Kier alpha value is -1.00.